The third-order valence-corrected chi connectivity index (χ3v) is 7.74. The SMILES string of the molecule is CC#Cc1cnc2c(c1)OC[C@@H]1CN(c3nc4c(c(NC(C)(C)COC(N)=O)n3)[S@](=O)CC4)CCN21. The van der Waals surface area contributed by atoms with Gasteiger partial charge in [0.2, 0.25) is 5.95 Å². The van der Waals surface area contributed by atoms with E-state index in [-0.39, 0.29) is 12.6 Å². The number of amides is 1. The van der Waals surface area contributed by atoms with Gasteiger partial charge in [-0.2, -0.15) is 4.98 Å². The van der Waals surface area contributed by atoms with E-state index < -0.39 is 22.4 Å². The highest BCUT2D eigenvalue weighted by Gasteiger charge is 2.36. The molecule has 36 heavy (non-hydrogen) atoms. The summed E-state index contributed by atoms with van der Waals surface area (Å²) in [5.74, 6) is 9.09. The van der Waals surface area contributed by atoms with Crippen LogP contribution in [0.1, 0.15) is 32.0 Å². The van der Waals surface area contributed by atoms with Crippen molar-refractivity contribution in [1.82, 2.24) is 15.0 Å². The number of primary amides is 1. The Morgan fingerprint density at radius 3 is 3.00 bits per heavy atom. The van der Waals surface area contributed by atoms with E-state index in [0.29, 0.717) is 48.5 Å². The van der Waals surface area contributed by atoms with Crippen molar-refractivity contribution < 1.29 is 18.5 Å². The van der Waals surface area contributed by atoms with Gasteiger partial charge in [0, 0.05) is 49.6 Å². The Kier molecular flexibility index (Phi) is 6.34. The Hall–Kier alpha value is -3.59. The summed E-state index contributed by atoms with van der Waals surface area (Å²) in [6.07, 6.45) is 1.55. The van der Waals surface area contributed by atoms with Gasteiger partial charge in [-0.05, 0) is 20.8 Å². The molecule has 2 atom stereocenters. The van der Waals surface area contributed by atoms with Crippen LogP contribution in [0.15, 0.2) is 17.2 Å². The fraction of sp³-hybridized carbons (Fsp3) is 0.500. The molecule has 0 spiro atoms. The van der Waals surface area contributed by atoms with Crippen molar-refractivity contribution in [3.05, 3.63) is 23.5 Å². The molecule has 1 amide bonds. The zero-order chi connectivity index (χ0) is 25.4. The summed E-state index contributed by atoms with van der Waals surface area (Å²) in [5.41, 5.74) is 6.08. The number of pyridine rings is 1. The van der Waals surface area contributed by atoms with Crippen molar-refractivity contribution in [1.29, 1.82) is 0 Å². The molecule has 2 aromatic heterocycles. The number of hydrogen-bond acceptors (Lipinski definition) is 10. The molecule has 3 aliphatic rings. The lowest BCUT2D eigenvalue weighted by Crippen LogP contribution is -2.58. The number of fused-ring (bicyclic) bond motifs is 4. The van der Waals surface area contributed by atoms with Gasteiger partial charge in [0.25, 0.3) is 0 Å². The Balaban J connectivity index is 1.38. The lowest BCUT2D eigenvalue weighted by Gasteiger charge is -2.44. The summed E-state index contributed by atoms with van der Waals surface area (Å²) in [6.45, 7) is 8.18. The van der Waals surface area contributed by atoms with Crippen LogP contribution in [-0.2, 0) is 22.0 Å². The molecule has 0 bridgehead atoms. The third-order valence-electron chi connectivity index (χ3n) is 6.28. The van der Waals surface area contributed by atoms with E-state index >= 15 is 0 Å². The molecule has 190 valence electrons. The highest BCUT2D eigenvalue weighted by Crippen LogP contribution is 2.36. The minimum Gasteiger partial charge on any atom is -0.487 e. The topological polar surface area (TPSA) is 136 Å². The lowest BCUT2D eigenvalue weighted by molar-refractivity contribution is 0.138. The molecule has 11 nitrogen and oxygen atoms in total. The number of nitrogens with zero attached hydrogens (tertiary/aromatic N) is 5. The molecule has 0 aliphatic carbocycles. The zero-order valence-corrected chi connectivity index (χ0v) is 21.4. The normalized spacial score (nSPS) is 20.3. The number of nitrogens with two attached hydrogens (primary N) is 1. The Morgan fingerprint density at radius 1 is 1.39 bits per heavy atom. The van der Waals surface area contributed by atoms with E-state index in [2.05, 4.69) is 31.9 Å². The summed E-state index contributed by atoms with van der Waals surface area (Å²) >= 11 is 0. The average molecular weight is 512 g/mol. The number of nitrogens with one attached hydrogen (secondary N) is 1. The van der Waals surface area contributed by atoms with E-state index in [1.165, 1.54) is 0 Å². The Bertz CT molecular complexity index is 1290. The molecule has 0 unspecified atom stereocenters. The fourth-order valence-electron chi connectivity index (χ4n) is 4.63. The highest BCUT2D eigenvalue weighted by molar-refractivity contribution is 7.85. The first-order valence-electron chi connectivity index (χ1n) is 11.8. The van der Waals surface area contributed by atoms with Gasteiger partial charge in [0.05, 0.1) is 28.1 Å². The van der Waals surface area contributed by atoms with E-state index in [1.807, 2.05) is 19.9 Å². The molecule has 2 aromatic rings. The predicted molar refractivity (Wildman–Crippen MR) is 136 cm³/mol. The van der Waals surface area contributed by atoms with Crippen LogP contribution in [0, 0.1) is 11.8 Å². The number of carbonyl (C=O) groups is 1. The largest absolute Gasteiger partial charge is 0.487 e. The van der Waals surface area contributed by atoms with Crippen LogP contribution in [0.4, 0.5) is 22.4 Å². The molecular formula is C24H29N7O4S. The number of ether oxygens (including phenoxy) is 2. The molecule has 3 N–H and O–H groups in total. The quantitative estimate of drug-likeness (QED) is 0.565. The molecule has 0 radical (unpaired) electrons. The monoisotopic (exact) mass is 511 g/mol. The first-order valence-corrected chi connectivity index (χ1v) is 13.1. The first-order chi connectivity index (χ1) is 17.2. The van der Waals surface area contributed by atoms with E-state index in [9.17, 15) is 9.00 Å². The Labute approximate surface area is 212 Å². The van der Waals surface area contributed by atoms with Crippen LogP contribution < -0.4 is 25.6 Å². The number of hydrogen-bond donors (Lipinski definition) is 2. The molecule has 5 rings (SSSR count). The molecule has 3 aliphatic heterocycles. The number of aromatic nitrogens is 3. The van der Waals surface area contributed by atoms with Gasteiger partial charge in [-0.15, -0.1) is 5.92 Å². The number of aryl methyl sites for hydroxylation is 1. The summed E-state index contributed by atoms with van der Waals surface area (Å²) in [6, 6.07) is 2.02. The van der Waals surface area contributed by atoms with Crippen molar-refractivity contribution in [3.8, 4) is 17.6 Å². The predicted octanol–water partition coefficient (Wildman–Crippen LogP) is 1.28. The van der Waals surface area contributed by atoms with Crippen molar-refractivity contribution in [2.45, 2.75) is 43.7 Å². The van der Waals surface area contributed by atoms with E-state index in [0.717, 1.165) is 29.4 Å². The van der Waals surface area contributed by atoms with Gasteiger partial charge in [0.15, 0.2) is 11.6 Å². The van der Waals surface area contributed by atoms with Crippen molar-refractivity contribution in [2.75, 3.05) is 53.7 Å². The molecular weight excluding hydrogens is 482 g/mol. The number of anilines is 3. The standard InChI is InChI=1S/C24H29N7O4S/c1-4-5-15-10-18-21(26-11-15)31-8-7-30(12-16(31)13-34-18)23-27-17-6-9-36(33)19(17)20(28-23)29-24(2,3)14-35-22(25)32/h10-11,16H,6-9,12-14H2,1-3H3,(H2,25,32)(H,27,28,29)/t16-,36+/m0/s1. The highest BCUT2D eigenvalue weighted by atomic mass is 32.2. The third kappa shape index (κ3) is 4.75. The van der Waals surface area contributed by atoms with Crippen LogP contribution >= 0.6 is 0 Å². The van der Waals surface area contributed by atoms with Crippen molar-refractivity contribution in [2.24, 2.45) is 5.73 Å². The van der Waals surface area contributed by atoms with E-state index in [4.69, 9.17) is 25.2 Å². The minimum absolute atomic E-state index is 0.0408. The maximum atomic E-state index is 12.7. The second kappa shape index (κ2) is 9.46. The maximum absolute atomic E-state index is 12.7. The summed E-state index contributed by atoms with van der Waals surface area (Å²) in [7, 11) is -1.19. The number of carbonyl (C=O) groups excluding carboxylic acids is 1. The van der Waals surface area contributed by atoms with Crippen LogP contribution in [0.3, 0.4) is 0 Å². The van der Waals surface area contributed by atoms with Gasteiger partial charge < -0.3 is 30.3 Å². The second-order valence-corrected chi connectivity index (χ2v) is 11.1. The summed E-state index contributed by atoms with van der Waals surface area (Å²) in [4.78, 5) is 30.3. The molecule has 5 heterocycles. The van der Waals surface area contributed by atoms with Crippen LogP contribution in [0.25, 0.3) is 0 Å². The van der Waals surface area contributed by atoms with Crippen LogP contribution in [0.5, 0.6) is 5.75 Å². The molecule has 12 heteroatoms. The van der Waals surface area contributed by atoms with Gasteiger partial charge in [0.1, 0.15) is 23.9 Å². The first kappa shape index (κ1) is 24.1. The summed E-state index contributed by atoms with van der Waals surface area (Å²) < 4.78 is 23.8. The Morgan fingerprint density at radius 2 is 2.22 bits per heavy atom. The zero-order valence-electron chi connectivity index (χ0n) is 20.5. The second-order valence-electron chi connectivity index (χ2n) is 9.59. The summed E-state index contributed by atoms with van der Waals surface area (Å²) in [5, 5.41) is 3.31. The fourth-order valence-corrected chi connectivity index (χ4v) is 5.94. The molecule has 0 aromatic carbocycles. The minimum atomic E-state index is -1.19. The molecule has 1 saturated heterocycles. The van der Waals surface area contributed by atoms with Crippen molar-refractivity contribution in [3.63, 3.8) is 0 Å². The van der Waals surface area contributed by atoms with Gasteiger partial charge >= 0.3 is 6.09 Å². The lowest BCUT2D eigenvalue weighted by atomic mass is 10.1. The molecule has 0 saturated carbocycles. The smallest absolute Gasteiger partial charge is 0.404 e. The number of piperazine rings is 1. The molecule has 1 fully saturated rings. The average Bonchev–Trinajstić information content (AvgIpc) is 3.23. The maximum Gasteiger partial charge on any atom is 0.404 e. The van der Waals surface area contributed by atoms with Gasteiger partial charge in [-0.3, -0.25) is 4.21 Å². The van der Waals surface area contributed by atoms with Crippen LogP contribution in [0.2, 0.25) is 0 Å². The van der Waals surface area contributed by atoms with Gasteiger partial charge in [-0.25, -0.2) is 14.8 Å². The van der Waals surface area contributed by atoms with Crippen LogP contribution in [-0.4, -0.2) is 75.4 Å². The van der Waals surface area contributed by atoms with E-state index in [1.54, 1.807) is 13.1 Å². The van der Waals surface area contributed by atoms with Gasteiger partial charge in [-0.1, -0.05) is 5.92 Å². The number of rotatable bonds is 5. The van der Waals surface area contributed by atoms with Crippen molar-refractivity contribution >= 4 is 34.5 Å².